The number of carbonyl (C=O) groups excluding carboxylic acids is 1. The molecule has 6 heteroatoms. The first-order chi connectivity index (χ1) is 9.51. The van der Waals surface area contributed by atoms with Crippen LogP contribution in [0.5, 0.6) is 0 Å². The van der Waals surface area contributed by atoms with Gasteiger partial charge < -0.3 is 0 Å². The summed E-state index contributed by atoms with van der Waals surface area (Å²) in [6.45, 7) is 4.96. The summed E-state index contributed by atoms with van der Waals surface area (Å²) in [5.41, 5.74) is 0.714. The largest absolute Gasteiger partial charge is 0.290 e. The van der Waals surface area contributed by atoms with E-state index in [9.17, 15) is 4.79 Å². The zero-order valence-electron chi connectivity index (χ0n) is 11.4. The molecule has 0 aliphatic carbocycles. The number of amidine groups is 1. The summed E-state index contributed by atoms with van der Waals surface area (Å²) in [5.74, 6) is 1.03. The molecule has 0 aromatic heterocycles. The highest BCUT2D eigenvalue weighted by molar-refractivity contribution is 8.15. The topological polar surface area (TPSA) is 32.7 Å². The smallest absolute Gasteiger partial charge is 0.239 e. The Morgan fingerprint density at radius 3 is 2.80 bits per heavy atom. The molecule has 1 heterocycles. The van der Waals surface area contributed by atoms with Crippen LogP contribution in [0.3, 0.4) is 0 Å². The molecule has 1 atom stereocenters. The normalized spacial score (nSPS) is 18.9. The molecule has 1 aliphatic heterocycles. The summed E-state index contributed by atoms with van der Waals surface area (Å²) in [5, 5.41) is 1.72. The molecule has 1 unspecified atom stereocenters. The van der Waals surface area contributed by atoms with E-state index in [1.165, 1.54) is 11.8 Å². The lowest BCUT2D eigenvalue weighted by Crippen LogP contribution is -2.33. The number of nitrogens with zero attached hydrogens (tertiary/aromatic N) is 2. The van der Waals surface area contributed by atoms with E-state index in [2.05, 4.69) is 18.8 Å². The molecule has 108 valence electrons. The van der Waals surface area contributed by atoms with E-state index in [0.29, 0.717) is 33.9 Å². The van der Waals surface area contributed by atoms with E-state index in [1.54, 1.807) is 23.1 Å². The van der Waals surface area contributed by atoms with Gasteiger partial charge in [-0.05, 0) is 24.1 Å². The average molecular weight is 331 g/mol. The molecule has 2 rings (SSSR count). The van der Waals surface area contributed by atoms with Crippen LogP contribution >= 0.6 is 35.0 Å². The molecule has 0 spiro atoms. The van der Waals surface area contributed by atoms with Crippen molar-refractivity contribution < 1.29 is 4.79 Å². The van der Waals surface area contributed by atoms with Crippen molar-refractivity contribution in [2.45, 2.75) is 20.3 Å². The average Bonchev–Trinajstić information content (AvgIpc) is 2.75. The van der Waals surface area contributed by atoms with Crippen molar-refractivity contribution in [2.24, 2.45) is 10.9 Å². The second kappa shape index (κ2) is 6.83. The number of rotatable bonds is 4. The third kappa shape index (κ3) is 3.68. The maximum absolute atomic E-state index is 11.9. The SMILES string of the molecule is CCC(C)CN1C(=O)CSC1=Nc1ccc(Cl)c(Cl)c1. The second-order valence-corrected chi connectivity index (χ2v) is 6.56. The summed E-state index contributed by atoms with van der Waals surface area (Å²) in [6, 6.07) is 5.22. The Morgan fingerprint density at radius 2 is 2.15 bits per heavy atom. The maximum Gasteiger partial charge on any atom is 0.239 e. The number of aliphatic imine (C=N–C) groups is 1. The van der Waals surface area contributed by atoms with E-state index in [4.69, 9.17) is 23.2 Å². The van der Waals surface area contributed by atoms with Crippen LogP contribution in [0, 0.1) is 5.92 Å². The zero-order chi connectivity index (χ0) is 14.7. The number of hydrogen-bond acceptors (Lipinski definition) is 3. The molecule has 20 heavy (non-hydrogen) atoms. The lowest BCUT2D eigenvalue weighted by atomic mass is 10.1. The zero-order valence-corrected chi connectivity index (χ0v) is 13.7. The second-order valence-electron chi connectivity index (χ2n) is 4.80. The van der Waals surface area contributed by atoms with Crippen molar-refractivity contribution in [1.29, 1.82) is 0 Å². The van der Waals surface area contributed by atoms with E-state index in [-0.39, 0.29) is 5.91 Å². The van der Waals surface area contributed by atoms with Gasteiger partial charge in [0.15, 0.2) is 5.17 Å². The first-order valence-electron chi connectivity index (χ1n) is 6.48. The number of benzene rings is 1. The minimum absolute atomic E-state index is 0.120. The van der Waals surface area contributed by atoms with Gasteiger partial charge in [-0.3, -0.25) is 9.69 Å². The van der Waals surface area contributed by atoms with Crippen LogP contribution in [-0.4, -0.2) is 28.3 Å². The Bertz CT molecular complexity index is 548. The van der Waals surface area contributed by atoms with E-state index >= 15 is 0 Å². The third-order valence-corrected chi connectivity index (χ3v) is 4.88. The summed E-state index contributed by atoms with van der Waals surface area (Å²) in [7, 11) is 0. The molecule has 0 radical (unpaired) electrons. The molecule has 3 nitrogen and oxygen atoms in total. The van der Waals surface area contributed by atoms with Crippen molar-refractivity contribution in [3.05, 3.63) is 28.2 Å². The molecule has 0 saturated carbocycles. The molecule has 1 aliphatic rings. The fraction of sp³-hybridized carbons (Fsp3) is 0.429. The van der Waals surface area contributed by atoms with Crippen molar-refractivity contribution in [1.82, 2.24) is 4.90 Å². The van der Waals surface area contributed by atoms with E-state index in [1.807, 2.05) is 0 Å². The predicted molar refractivity (Wildman–Crippen MR) is 87.2 cm³/mol. The first kappa shape index (κ1) is 15.7. The quantitative estimate of drug-likeness (QED) is 0.807. The monoisotopic (exact) mass is 330 g/mol. The van der Waals surface area contributed by atoms with Crippen molar-refractivity contribution in [3.8, 4) is 0 Å². The molecule has 1 aromatic carbocycles. The maximum atomic E-state index is 11.9. The highest BCUT2D eigenvalue weighted by atomic mass is 35.5. The Kier molecular flexibility index (Phi) is 5.35. The molecule has 1 fully saturated rings. The van der Waals surface area contributed by atoms with Gasteiger partial charge in [0.05, 0.1) is 21.5 Å². The van der Waals surface area contributed by atoms with E-state index in [0.717, 1.165) is 11.6 Å². The lowest BCUT2D eigenvalue weighted by Gasteiger charge is -2.19. The van der Waals surface area contributed by atoms with Gasteiger partial charge in [0.25, 0.3) is 0 Å². The van der Waals surface area contributed by atoms with Crippen LogP contribution in [0.15, 0.2) is 23.2 Å². The van der Waals surface area contributed by atoms with Crippen LogP contribution in [0.4, 0.5) is 5.69 Å². The Balaban J connectivity index is 2.22. The van der Waals surface area contributed by atoms with Crippen molar-refractivity contribution in [3.63, 3.8) is 0 Å². The summed E-state index contributed by atoms with van der Waals surface area (Å²) >= 11 is 13.3. The van der Waals surface area contributed by atoms with Crippen LogP contribution in [-0.2, 0) is 4.79 Å². The van der Waals surface area contributed by atoms with Crippen LogP contribution < -0.4 is 0 Å². The van der Waals surface area contributed by atoms with Gasteiger partial charge >= 0.3 is 0 Å². The summed E-state index contributed by atoms with van der Waals surface area (Å²) in [4.78, 5) is 18.2. The van der Waals surface area contributed by atoms with Gasteiger partial charge in [0, 0.05) is 6.54 Å². The number of hydrogen-bond donors (Lipinski definition) is 0. The number of halogens is 2. The highest BCUT2D eigenvalue weighted by Crippen LogP contribution is 2.29. The lowest BCUT2D eigenvalue weighted by molar-refractivity contribution is -0.124. The molecular formula is C14H16Cl2N2OS. The summed E-state index contributed by atoms with van der Waals surface area (Å²) < 4.78 is 0. The first-order valence-corrected chi connectivity index (χ1v) is 8.22. The Labute approximate surface area is 133 Å². The number of carbonyl (C=O) groups is 1. The molecule has 0 N–H and O–H groups in total. The van der Waals surface area contributed by atoms with Crippen molar-refractivity contribution in [2.75, 3.05) is 12.3 Å². The fourth-order valence-corrected chi connectivity index (χ4v) is 2.97. The van der Waals surface area contributed by atoms with Gasteiger partial charge in [-0.1, -0.05) is 55.2 Å². The van der Waals surface area contributed by atoms with Gasteiger partial charge in [-0.15, -0.1) is 0 Å². The standard InChI is InChI=1S/C14H16Cl2N2OS/c1-3-9(2)7-18-13(19)8-20-14(18)17-10-4-5-11(15)12(16)6-10/h4-6,9H,3,7-8H2,1-2H3. The fourth-order valence-electron chi connectivity index (χ4n) is 1.77. The summed E-state index contributed by atoms with van der Waals surface area (Å²) in [6.07, 6.45) is 1.04. The van der Waals surface area contributed by atoms with Crippen LogP contribution in [0.25, 0.3) is 0 Å². The van der Waals surface area contributed by atoms with Gasteiger partial charge in [0.2, 0.25) is 5.91 Å². The van der Waals surface area contributed by atoms with Crippen LogP contribution in [0.2, 0.25) is 10.0 Å². The van der Waals surface area contributed by atoms with Crippen LogP contribution in [0.1, 0.15) is 20.3 Å². The Hall–Kier alpha value is -0.710. The molecular weight excluding hydrogens is 315 g/mol. The predicted octanol–water partition coefficient (Wildman–Crippen LogP) is 4.60. The van der Waals surface area contributed by atoms with Crippen molar-refractivity contribution >= 4 is 51.7 Å². The molecule has 0 bridgehead atoms. The molecule has 1 amide bonds. The number of amides is 1. The van der Waals surface area contributed by atoms with Gasteiger partial charge in [-0.25, -0.2) is 4.99 Å². The van der Waals surface area contributed by atoms with E-state index < -0.39 is 0 Å². The third-order valence-electron chi connectivity index (χ3n) is 3.18. The van der Waals surface area contributed by atoms with Gasteiger partial charge in [-0.2, -0.15) is 0 Å². The minimum Gasteiger partial charge on any atom is -0.290 e. The minimum atomic E-state index is 0.120. The molecule has 1 aromatic rings. The Morgan fingerprint density at radius 1 is 1.40 bits per heavy atom. The molecule has 1 saturated heterocycles. The van der Waals surface area contributed by atoms with Gasteiger partial charge in [0.1, 0.15) is 0 Å². The number of thioether (sulfide) groups is 1. The highest BCUT2D eigenvalue weighted by Gasteiger charge is 2.28.